The molecule has 0 saturated carbocycles. The second-order valence-corrected chi connectivity index (χ2v) is 4.09. The minimum Gasteiger partial charge on any atom is -0.472 e. The first kappa shape index (κ1) is 10.5. The van der Waals surface area contributed by atoms with E-state index in [0.717, 1.165) is 12.0 Å². The zero-order valence-electron chi connectivity index (χ0n) is 8.91. The zero-order chi connectivity index (χ0) is 10.5. The van der Waals surface area contributed by atoms with E-state index in [2.05, 4.69) is 11.5 Å². The molecule has 3 heteroatoms. The maximum Gasteiger partial charge on any atom is 0.0950 e. The topological polar surface area (TPSA) is 51.2 Å². The molecule has 0 bridgehead atoms. The second kappa shape index (κ2) is 5.14. The summed E-state index contributed by atoms with van der Waals surface area (Å²) in [5, 5.41) is 0. The summed E-state index contributed by atoms with van der Waals surface area (Å²) in [6.45, 7) is 0. The van der Waals surface area contributed by atoms with Gasteiger partial charge < -0.3 is 4.42 Å². The van der Waals surface area contributed by atoms with Crippen molar-refractivity contribution in [1.82, 2.24) is 5.43 Å². The third-order valence-corrected chi connectivity index (χ3v) is 3.00. The van der Waals surface area contributed by atoms with Crippen LogP contribution in [0.25, 0.3) is 0 Å². The lowest BCUT2D eigenvalue weighted by atomic mass is 9.93. The summed E-state index contributed by atoms with van der Waals surface area (Å²) in [4.78, 5) is 0. The van der Waals surface area contributed by atoms with E-state index in [1.165, 1.54) is 31.3 Å². The van der Waals surface area contributed by atoms with Gasteiger partial charge in [0.25, 0.3) is 0 Å². The Morgan fingerprint density at radius 2 is 2.40 bits per heavy atom. The van der Waals surface area contributed by atoms with Gasteiger partial charge in [0.1, 0.15) is 0 Å². The predicted molar refractivity (Wildman–Crippen MR) is 59.9 cm³/mol. The molecule has 0 saturated heterocycles. The van der Waals surface area contributed by atoms with Gasteiger partial charge in [0, 0.05) is 5.56 Å². The molecule has 1 aliphatic carbocycles. The molecule has 3 N–H and O–H groups in total. The minimum absolute atomic E-state index is 0.188. The molecular weight excluding hydrogens is 188 g/mol. The second-order valence-electron chi connectivity index (χ2n) is 4.09. The lowest BCUT2D eigenvalue weighted by Crippen LogP contribution is -2.28. The van der Waals surface area contributed by atoms with Crippen molar-refractivity contribution in [2.75, 3.05) is 0 Å². The predicted octanol–water partition coefficient (Wildman–Crippen LogP) is 2.67. The van der Waals surface area contributed by atoms with Crippen LogP contribution in [-0.4, -0.2) is 0 Å². The molecule has 0 aromatic carbocycles. The molecule has 82 valence electrons. The minimum atomic E-state index is 0.188. The van der Waals surface area contributed by atoms with Crippen molar-refractivity contribution in [2.24, 2.45) is 5.84 Å². The van der Waals surface area contributed by atoms with Crippen LogP contribution in [0.4, 0.5) is 0 Å². The van der Waals surface area contributed by atoms with Crippen LogP contribution >= 0.6 is 0 Å². The molecule has 1 aromatic heterocycles. The molecule has 2 rings (SSSR count). The van der Waals surface area contributed by atoms with Crippen molar-refractivity contribution in [1.29, 1.82) is 0 Å². The molecule has 0 radical (unpaired) electrons. The molecule has 0 aliphatic heterocycles. The third kappa shape index (κ3) is 2.70. The summed E-state index contributed by atoms with van der Waals surface area (Å²) in [6.07, 6.45) is 11.9. The summed E-state index contributed by atoms with van der Waals surface area (Å²) >= 11 is 0. The Hall–Kier alpha value is -1.06. The van der Waals surface area contributed by atoms with Crippen LogP contribution in [0.3, 0.4) is 0 Å². The highest BCUT2D eigenvalue weighted by Crippen LogP contribution is 2.27. The van der Waals surface area contributed by atoms with Gasteiger partial charge in [0.05, 0.1) is 18.6 Å². The molecular formula is C12H18N2O. The number of hydrazine groups is 1. The lowest BCUT2D eigenvalue weighted by Gasteiger charge is -2.18. The number of rotatable bonds is 4. The number of nitrogens with one attached hydrogen (secondary N) is 1. The standard InChI is InChI=1S/C12H18N2O/c13-14-12(11-6-7-15-9-11)8-10-4-2-1-3-5-10/h4,6-7,9,12,14H,1-3,5,8,13H2. The van der Waals surface area contributed by atoms with Crippen LogP contribution in [0.2, 0.25) is 0 Å². The SMILES string of the molecule is NNC(CC1=CCCCC1)c1ccoc1. The zero-order valence-corrected chi connectivity index (χ0v) is 8.91. The first-order chi connectivity index (χ1) is 7.40. The Bertz CT molecular complexity index is 316. The first-order valence-corrected chi connectivity index (χ1v) is 5.56. The Morgan fingerprint density at radius 3 is 3.00 bits per heavy atom. The Balaban J connectivity index is 1.99. The van der Waals surface area contributed by atoms with Gasteiger partial charge >= 0.3 is 0 Å². The molecule has 1 atom stereocenters. The van der Waals surface area contributed by atoms with E-state index in [1.807, 2.05) is 6.07 Å². The van der Waals surface area contributed by atoms with Gasteiger partial charge in [-0.15, -0.1) is 0 Å². The van der Waals surface area contributed by atoms with Crippen LogP contribution in [0.1, 0.15) is 43.7 Å². The highest BCUT2D eigenvalue weighted by atomic mass is 16.3. The van der Waals surface area contributed by atoms with Crippen molar-refractivity contribution >= 4 is 0 Å². The lowest BCUT2D eigenvalue weighted by molar-refractivity contribution is 0.512. The molecule has 0 amide bonds. The van der Waals surface area contributed by atoms with Gasteiger partial charge in [-0.25, -0.2) is 0 Å². The average molecular weight is 206 g/mol. The van der Waals surface area contributed by atoms with Crippen LogP contribution < -0.4 is 11.3 Å². The van der Waals surface area contributed by atoms with Gasteiger partial charge in [0.2, 0.25) is 0 Å². The number of hydrogen-bond acceptors (Lipinski definition) is 3. The van der Waals surface area contributed by atoms with E-state index in [-0.39, 0.29) is 6.04 Å². The fourth-order valence-corrected chi connectivity index (χ4v) is 2.10. The van der Waals surface area contributed by atoms with E-state index in [4.69, 9.17) is 10.3 Å². The van der Waals surface area contributed by atoms with Crippen molar-refractivity contribution in [2.45, 2.75) is 38.1 Å². The number of hydrogen-bond donors (Lipinski definition) is 2. The molecule has 1 aromatic rings. The van der Waals surface area contributed by atoms with Gasteiger partial charge in [-0.2, -0.15) is 0 Å². The van der Waals surface area contributed by atoms with Crippen molar-refractivity contribution in [3.8, 4) is 0 Å². The molecule has 1 heterocycles. The molecule has 0 spiro atoms. The highest BCUT2D eigenvalue weighted by molar-refractivity contribution is 5.16. The summed E-state index contributed by atoms with van der Waals surface area (Å²) < 4.78 is 5.07. The Labute approximate surface area is 90.3 Å². The quantitative estimate of drug-likeness (QED) is 0.452. The summed E-state index contributed by atoms with van der Waals surface area (Å²) in [5.74, 6) is 5.56. The number of nitrogens with two attached hydrogens (primary N) is 1. The normalized spacial score (nSPS) is 18.6. The summed E-state index contributed by atoms with van der Waals surface area (Å²) in [6, 6.07) is 2.15. The van der Waals surface area contributed by atoms with E-state index in [0.29, 0.717) is 0 Å². The first-order valence-electron chi connectivity index (χ1n) is 5.56. The molecule has 15 heavy (non-hydrogen) atoms. The smallest absolute Gasteiger partial charge is 0.0950 e. The van der Waals surface area contributed by atoms with Gasteiger partial charge in [-0.1, -0.05) is 11.6 Å². The maximum atomic E-state index is 5.56. The summed E-state index contributed by atoms with van der Waals surface area (Å²) in [7, 11) is 0. The monoisotopic (exact) mass is 206 g/mol. The fourth-order valence-electron chi connectivity index (χ4n) is 2.10. The van der Waals surface area contributed by atoms with E-state index in [9.17, 15) is 0 Å². The average Bonchev–Trinajstić information content (AvgIpc) is 2.81. The fraction of sp³-hybridized carbons (Fsp3) is 0.500. The van der Waals surface area contributed by atoms with Crippen molar-refractivity contribution < 1.29 is 4.42 Å². The highest BCUT2D eigenvalue weighted by Gasteiger charge is 2.14. The third-order valence-electron chi connectivity index (χ3n) is 3.00. The van der Waals surface area contributed by atoms with E-state index < -0.39 is 0 Å². The van der Waals surface area contributed by atoms with Gasteiger partial charge in [-0.05, 0) is 38.2 Å². The van der Waals surface area contributed by atoms with Crippen LogP contribution in [0, 0.1) is 0 Å². The van der Waals surface area contributed by atoms with E-state index in [1.54, 1.807) is 12.5 Å². The van der Waals surface area contributed by atoms with Gasteiger partial charge in [0.15, 0.2) is 0 Å². The number of allylic oxidation sites excluding steroid dienone is 1. The van der Waals surface area contributed by atoms with Crippen molar-refractivity contribution in [3.05, 3.63) is 35.8 Å². The molecule has 3 nitrogen and oxygen atoms in total. The molecule has 1 unspecified atom stereocenters. The van der Waals surface area contributed by atoms with Gasteiger partial charge in [-0.3, -0.25) is 11.3 Å². The Morgan fingerprint density at radius 1 is 1.47 bits per heavy atom. The summed E-state index contributed by atoms with van der Waals surface area (Å²) in [5.41, 5.74) is 5.50. The van der Waals surface area contributed by atoms with Crippen molar-refractivity contribution in [3.63, 3.8) is 0 Å². The van der Waals surface area contributed by atoms with Crippen LogP contribution in [0.5, 0.6) is 0 Å². The van der Waals surface area contributed by atoms with Crippen LogP contribution in [0.15, 0.2) is 34.7 Å². The molecule has 0 fully saturated rings. The van der Waals surface area contributed by atoms with E-state index >= 15 is 0 Å². The van der Waals surface area contributed by atoms with Crippen LogP contribution in [-0.2, 0) is 0 Å². The largest absolute Gasteiger partial charge is 0.472 e. The Kier molecular flexibility index (Phi) is 3.59. The number of furan rings is 1. The molecule has 1 aliphatic rings. The maximum absolute atomic E-state index is 5.56.